The van der Waals surface area contributed by atoms with Crippen LogP contribution in [0.15, 0.2) is 103 Å². The van der Waals surface area contributed by atoms with Gasteiger partial charge in [0.15, 0.2) is 5.60 Å². The number of ether oxygens (including phenoxy) is 4. The van der Waals surface area contributed by atoms with Gasteiger partial charge < -0.3 is 29.0 Å². The number of aliphatic hydroxyl groups is 1. The first-order chi connectivity index (χ1) is 25.9. The van der Waals surface area contributed by atoms with Crippen molar-refractivity contribution in [3.8, 4) is 22.6 Å². The second-order valence-electron chi connectivity index (χ2n) is 14.7. The molecular weight excluding hydrogens is 663 g/mol. The molecule has 2 heterocycles. The van der Waals surface area contributed by atoms with Gasteiger partial charge in [-0.2, -0.15) is 0 Å². The van der Waals surface area contributed by atoms with Crippen LogP contribution in [-0.2, 0) is 25.3 Å². The van der Waals surface area contributed by atoms with E-state index in [-0.39, 0.29) is 31.2 Å². The zero-order valence-electron chi connectivity index (χ0n) is 30.6. The van der Waals surface area contributed by atoms with Crippen molar-refractivity contribution in [2.45, 2.75) is 50.5 Å². The molecule has 0 bridgehead atoms. The molecule has 5 aromatic rings. The average Bonchev–Trinajstić information content (AvgIpc) is 3.45. The Kier molecular flexibility index (Phi) is 9.71. The second kappa shape index (κ2) is 14.7. The lowest BCUT2D eigenvalue weighted by Crippen LogP contribution is -2.37. The molecule has 1 fully saturated rings. The number of benzene rings is 5. The zero-order valence-corrected chi connectivity index (χ0v) is 30.6. The Morgan fingerprint density at radius 1 is 0.811 bits per heavy atom. The van der Waals surface area contributed by atoms with E-state index in [4.69, 9.17) is 24.1 Å². The summed E-state index contributed by atoms with van der Waals surface area (Å²) in [6, 6.07) is 34.3. The Labute approximate surface area is 311 Å². The van der Waals surface area contributed by atoms with Gasteiger partial charge >= 0.3 is 5.97 Å². The number of carbonyl (C=O) groups is 1. The molecule has 0 amide bonds. The van der Waals surface area contributed by atoms with E-state index in [0.717, 1.165) is 60.6 Å². The quantitative estimate of drug-likeness (QED) is 0.103. The summed E-state index contributed by atoms with van der Waals surface area (Å²) in [7, 11) is 0. The smallest absolute Gasteiger partial charge is 0.305 e. The largest absolute Gasteiger partial charge is 0.490 e. The number of carbonyl (C=O) groups excluding carboxylic acids is 1. The molecule has 0 aromatic heterocycles. The van der Waals surface area contributed by atoms with E-state index in [1.807, 2.05) is 12.1 Å². The second-order valence-corrected chi connectivity index (χ2v) is 14.7. The molecule has 53 heavy (non-hydrogen) atoms. The molecule has 0 saturated carbocycles. The van der Waals surface area contributed by atoms with E-state index in [2.05, 4.69) is 116 Å². The van der Waals surface area contributed by atoms with Crippen molar-refractivity contribution < 1.29 is 28.8 Å². The summed E-state index contributed by atoms with van der Waals surface area (Å²) < 4.78 is 24.5. The van der Waals surface area contributed by atoms with E-state index in [1.165, 1.54) is 33.3 Å². The van der Waals surface area contributed by atoms with Crippen molar-refractivity contribution in [1.29, 1.82) is 0 Å². The van der Waals surface area contributed by atoms with Crippen molar-refractivity contribution in [1.82, 2.24) is 0 Å². The van der Waals surface area contributed by atoms with Crippen LogP contribution in [0, 0.1) is 0 Å². The van der Waals surface area contributed by atoms with Crippen molar-refractivity contribution in [3.63, 3.8) is 0 Å². The summed E-state index contributed by atoms with van der Waals surface area (Å²) in [4.78, 5) is 14.4. The highest BCUT2D eigenvalue weighted by Gasteiger charge is 2.44. The molecule has 0 radical (unpaired) electrons. The number of nitrogens with zero attached hydrogens (tertiary/aromatic N) is 1. The summed E-state index contributed by atoms with van der Waals surface area (Å²) in [6.45, 7) is 8.44. The highest BCUT2D eigenvalue weighted by molar-refractivity contribution is 6.08. The first-order valence-electron chi connectivity index (χ1n) is 18.9. The molecular formula is C46H47NO6. The Balaban J connectivity index is 1.14. The van der Waals surface area contributed by atoms with Crippen molar-refractivity contribution in [3.05, 3.63) is 131 Å². The molecule has 3 aliphatic rings. The van der Waals surface area contributed by atoms with Gasteiger partial charge in [-0.3, -0.25) is 4.79 Å². The minimum atomic E-state index is -0.909. The minimum absolute atomic E-state index is 0.145. The normalized spacial score (nSPS) is 18.2. The first-order valence-corrected chi connectivity index (χ1v) is 18.9. The molecule has 1 N–H and O–H groups in total. The number of hydrogen-bond donors (Lipinski definition) is 1. The highest BCUT2D eigenvalue weighted by Crippen LogP contribution is 2.58. The molecule has 1 unspecified atom stereocenters. The maximum atomic E-state index is 12.1. The fourth-order valence-corrected chi connectivity index (χ4v) is 8.36. The number of fused-ring (bicyclic) bond motifs is 8. The van der Waals surface area contributed by atoms with Gasteiger partial charge in [-0.25, -0.2) is 0 Å². The van der Waals surface area contributed by atoms with Crippen LogP contribution in [0.25, 0.3) is 28.0 Å². The van der Waals surface area contributed by atoms with Crippen LogP contribution >= 0.6 is 0 Å². The molecule has 2 aliphatic heterocycles. The number of hydrogen-bond acceptors (Lipinski definition) is 7. The molecule has 1 atom stereocenters. The van der Waals surface area contributed by atoms with Crippen molar-refractivity contribution in [2.75, 3.05) is 51.0 Å². The fourth-order valence-electron chi connectivity index (χ4n) is 8.36. The Bertz CT molecular complexity index is 2130. The van der Waals surface area contributed by atoms with Gasteiger partial charge in [-0.05, 0) is 70.8 Å². The van der Waals surface area contributed by atoms with Crippen LogP contribution in [0.2, 0.25) is 0 Å². The third kappa shape index (κ3) is 6.47. The molecule has 8 rings (SSSR count). The Morgan fingerprint density at radius 3 is 2.26 bits per heavy atom. The number of unbranched alkanes of at least 4 members (excludes halogenated alkanes) is 2. The minimum Gasteiger partial charge on any atom is -0.490 e. The SMILES string of the molecule is CC1(C)c2ccccc2-c2c1c1c(c3ccccc23)OC(c2ccc(OCCOC(=O)CCCCCO)cc2)(c2ccc(N3CCOCC3)cc2)C=C1. The number of rotatable bonds is 12. The predicted molar refractivity (Wildman–Crippen MR) is 210 cm³/mol. The molecule has 7 heteroatoms. The molecule has 272 valence electrons. The third-order valence-corrected chi connectivity index (χ3v) is 11.1. The third-order valence-electron chi connectivity index (χ3n) is 11.1. The van der Waals surface area contributed by atoms with Crippen LogP contribution < -0.4 is 14.4 Å². The maximum absolute atomic E-state index is 12.1. The lowest BCUT2D eigenvalue weighted by atomic mass is 9.77. The van der Waals surface area contributed by atoms with E-state index < -0.39 is 5.60 Å². The lowest BCUT2D eigenvalue weighted by Gasteiger charge is -2.39. The topological polar surface area (TPSA) is 77.5 Å². The lowest BCUT2D eigenvalue weighted by molar-refractivity contribution is -0.144. The predicted octanol–water partition coefficient (Wildman–Crippen LogP) is 8.81. The number of esters is 1. The molecule has 7 nitrogen and oxygen atoms in total. The van der Waals surface area contributed by atoms with E-state index in [0.29, 0.717) is 25.0 Å². The Morgan fingerprint density at radius 2 is 1.51 bits per heavy atom. The van der Waals surface area contributed by atoms with Gasteiger partial charge in [0, 0.05) is 59.3 Å². The molecule has 5 aromatic carbocycles. The van der Waals surface area contributed by atoms with Gasteiger partial charge in [0.1, 0.15) is 24.7 Å². The number of anilines is 1. The molecule has 0 spiro atoms. The summed E-state index contributed by atoms with van der Waals surface area (Å²) in [6.07, 6.45) is 7.09. The molecule has 1 saturated heterocycles. The highest BCUT2D eigenvalue weighted by atomic mass is 16.6. The Hall–Kier alpha value is -5.11. The summed E-state index contributed by atoms with van der Waals surface area (Å²) in [5, 5.41) is 11.2. The van der Waals surface area contributed by atoms with E-state index in [1.54, 1.807) is 0 Å². The van der Waals surface area contributed by atoms with Gasteiger partial charge in [-0.15, -0.1) is 0 Å². The van der Waals surface area contributed by atoms with Crippen LogP contribution in [0.4, 0.5) is 5.69 Å². The van der Waals surface area contributed by atoms with Gasteiger partial charge in [0.05, 0.1) is 13.2 Å². The first kappa shape index (κ1) is 34.9. The van der Waals surface area contributed by atoms with Crippen LogP contribution in [-0.4, -0.2) is 57.2 Å². The van der Waals surface area contributed by atoms with E-state index in [9.17, 15) is 4.79 Å². The summed E-state index contributed by atoms with van der Waals surface area (Å²) >= 11 is 0. The van der Waals surface area contributed by atoms with Crippen LogP contribution in [0.3, 0.4) is 0 Å². The van der Waals surface area contributed by atoms with Gasteiger partial charge in [0.25, 0.3) is 0 Å². The number of aliphatic hydroxyl groups excluding tert-OH is 1. The van der Waals surface area contributed by atoms with Gasteiger partial charge in [-0.1, -0.05) is 99.1 Å². The average molecular weight is 710 g/mol. The van der Waals surface area contributed by atoms with Crippen LogP contribution in [0.1, 0.15) is 67.3 Å². The summed E-state index contributed by atoms with van der Waals surface area (Å²) in [5.41, 5.74) is 8.41. The molecule has 1 aliphatic carbocycles. The van der Waals surface area contributed by atoms with E-state index >= 15 is 0 Å². The van der Waals surface area contributed by atoms with Crippen molar-refractivity contribution in [2.24, 2.45) is 0 Å². The van der Waals surface area contributed by atoms with Crippen LogP contribution in [0.5, 0.6) is 11.5 Å². The van der Waals surface area contributed by atoms with Gasteiger partial charge in [0.2, 0.25) is 0 Å². The number of morpholine rings is 1. The van der Waals surface area contributed by atoms with Crippen molar-refractivity contribution >= 4 is 28.5 Å². The fraction of sp³-hybridized carbons (Fsp3) is 0.326. The standard InChI is InChI=1S/C46H47NO6/c1-45(2)40-13-8-7-12-38(40)42-36-10-5-6-11-37(36)44-39(43(42)45)23-24-46(53-44,32-15-19-34(20-16-32)47-25-28-50-29-26-47)33-17-21-35(22-18-33)51-30-31-52-41(49)14-4-3-9-27-48/h5-8,10-13,15-24,48H,3-4,9,14,25-31H2,1-2H3. The maximum Gasteiger partial charge on any atom is 0.305 e. The zero-order chi connectivity index (χ0) is 36.4. The monoisotopic (exact) mass is 709 g/mol. The summed E-state index contributed by atoms with van der Waals surface area (Å²) in [5.74, 6) is 1.34.